The molecule has 1 aromatic heterocycles. The zero-order valence-electron chi connectivity index (χ0n) is 15.8. The van der Waals surface area contributed by atoms with Crippen molar-refractivity contribution in [1.29, 1.82) is 0 Å². The second kappa shape index (κ2) is 9.09. The number of thiocarbonyl (C=S) groups is 1. The van der Waals surface area contributed by atoms with Gasteiger partial charge < -0.3 is 10.6 Å². The first-order valence-corrected chi connectivity index (χ1v) is 10.0. The number of amides is 1. The average molecular weight is 382 g/mol. The van der Waals surface area contributed by atoms with Crippen molar-refractivity contribution in [2.75, 3.05) is 13.6 Å². The smallest absolute Gasteiger partial charge is 0.251 e. The first-order chi connectivity index (χ1) is 13.2. The molecule has 2 N–H and O–H groups in total. The molecule has 1 heterocycles. The Morgan fingerprint density at radius 1 is 1.22 bits per heavy atom. The highest BCUT2D eigenvalue weighted by molar-refractivity contribution is 7.80. The molecule has 142 valence electrons. The number of aromatic nitrogens is 1. The summed E-state index contributed by atoms with van der Waals surface area (Å²) in [4.78, 5) is 17.6. The second-order valence-corrected chi connectivity index (χ2v) is 7.55. The molecular weight excluding hydrogens is 354 g/mol. The molecule has 0 bridgehead atoms. The summed E-state index contributed by atoms with van der Waals surface area (Å²) in [6.45, 7) is 0.646. The van der Waals surface area contributed by atoms with Gasteiger partial charge >= 0.3 is 0 Å². The number of likely N-dealkylation sites (N-methyl/N-ethyl adjacent to an activating group) is 1. The number of benzene rings is 1. The third kappa shape index (κ3) is 4.19. The van der Waals surface area contributed by atoms with E-state index in [1.807, 2.05) is 49.6 Å². The summed E-state index contributed by atoms with van der Waals surface area (Å²) in [5, 5.41) is 6.32. The predicted molar refractivity (Wildman–Crippen MR) is 113 cm³/mol. The molecule has 5 heteroatoms. The minimum Gasteiger partial charge on any atom is -0.382 e. The summed E-state index contributed by atoms with van der Waals surface area (Å²) in [6.07, 6.45) is 9.14. The van der Waals surface area contributed by atoms with E-state index in [1.54, 1.807) is 6.20 Å². The van der Waals surface area contributed by atoms with E-state index in [0.717, 1.165) is 30.7 Å². The van der Waals surface area contributed by atoms with Crippen LogP contribution in [0.2, 0.25) is 0 Å². The van der Waals surface area contributed by atoms with E-state index in [0.29, 0.717) is 18.0 Å². The fourth-order valence-electron chi connectivity index (χ4n) is 4.35. The predicted octanol–water partition coefficient (Wildman–Crippen LogP) is 3.88. The molecule has 2 aromatic rings. The molecule has 0 unspecified atom stereocenters. The Kier molecular flexibility index (Phi) is 6.56. The Morgan fingerprint density at radius 3 is 2.74 bits per heavy atom. The van der Waals surface area contributed by atoms with Crippen molar-refractivity contribution in [3.63, 3.8) is 0 Å². The van der Waals surface area contributed by atoms with E-state index < -0.39 is 0 Å². The van der Waals surface area contributed by atoms with E-state index >= 15 is 0 Å². The Balaban J connectivity index is 1.75. The molecule has 0 spiro atoms. The number of carbonyl (C=O) groups is 1. The van der Waals surface area contributed by atoms with Crippen LogP contribution >= 0.6 is 12.2 Å². The lowest BCUT2D eigenvalue weighted by atomic mass is 9.61. The number of nitrogens with one attached hydrogen (secondary N) is 2. The lowest BCUT2D eigenvalue weighted by molar-refractivity contribution is 0.0948. The third-order valence-electron chi connectivity index (χ3n) is 5.69. The number of rotatable bonds is 6. The monoisotopic (exact) mass is 381 g/mol. The summed E-state index contributed by atoms with van der Waals surface area (Å²) in [7, 11) is 1.91. The highest BCUT2D eigenvalue weighted by atomic mass is 32.1. The molecule has 4 nitrogen and oxygen atoms in total. The van der Waals surface area contributed by atoms with Crippen molar-refractivity contribution in [2.45, 2.75) is 37.5 Å². The van der Waals surface area contributed by atoms with E-state index in [-0.39, 0.29) is 11.3 Å². The van der Waals surface area contributed by atoms with Gasteiger partial charge in [0.15, 0.2) is 0 Å². The van der Waals surface area contributed by atoms with Crippen LogP contribution in [0, 0.1) is 5.92 Å². The van der Waals surface area contributed by atoms with Gasteiger partial charge in [-0.05, 0) is 48.9 Å². The average Bonchev–Trinajstić information content (AvgIpc) is 2.74. The van der Waals surface area contributed by atoms with Crippen molar-refractivity contribution < 1.29 is 4.79 Å². The molecule has 2 atom stereocenters. The van der Waals surface area contributed by atoms with Crippen LogP contribution in [0.25, 0.3) is 0 Å². The van der Waals surface area contributed by atoms with E-state index in [1.165, 1.54) is 12.0 Å². The first kappa shape index (κ1) is 19.5. The van der Waals surface area contributed by atoms with Gasteiger partial charge in [0, 0.05) is 37.0 Å². The Morgan fingerprint density at radius 2 is 2.04 bits per heavy atom. The molecule has 1 aliphatic carbocycles. The number of hydrogen-bond donors (Lipinski definition) is 2. The molecule has 27 heavy (non-hydrogen) atoms. The number of nitrogens with zero attached hydrogens (tertiary/aromatic N) is 1. The van der Waals surface area contributed by atoms with Gasteiger partial charge in [-0.2, -0.15) is 0 Å². The normalized spacial score (nSPS) is 22.0. The molecule has 3 rings (SSSR count). The summed E-state index contributed by atoms with van der Waals surface area (Å²) in [5.41, 5.74) is 1.68. The summed E-state index contributed by atoms with van der Waals surface area (Å²) in [6, 6.07) is 13.5. The van der Waals surface area contributed by atoms with E-state index in [9.17, 15) is 4.79 Å². The minimum absolute atomic E-state index is 0.0189. The zero-order valence-corrected chi connectivity index (χ0v) is 16.6. The highest BCUT2D eigenvalue weighted by Crippen LogP contribution is 2.46. The fourth-order valence-corrected chi connectivity index (χ4v) is 4.73. The Bertz CT molecular complexity index is 766. The van der Waals surface area contributed by atoms with Crippen LogP contribution in [-0.4, -0.2) is 29.5 Å². The van der Waals surface area contributed by atoms with Gasteiger partial charge in [-0.25, -0.2) is 0 Å². The molecule has 0 radical (unpaired) electrons. The van der Waals surface area contributed by atoms with Gasteiger partial charge in [-0.15, -0.1) is 0 Å². The van der Waals surface area contributed by atoms with Gasteiger partial charge in [0.1, 0.15) is 0 Å². The molecule has 1 aliphatic rings. The third-order valence-corrected chi connectivity index (χ3v) is 6.26. The summed E-state index contributed by atoms with van der Waals surface area (Å²) in [5.74, 6) is 0.362. The molecule has 1 amide bonds. The fraction of sp³-hybridized carbons (Fsp3) is 0.409. The van der Waals surface area contributed by atoms with Crippen molar-refractivity contribution >= 4 is 23.1 Å². The van der Waals surface area contributed by atoms with Gasteiger partial charge in [-0.1, -0.05) is 49.3 Å². The molecule has 1 saturated carbocycles. The van der Waals surface area contributed by atoms with Crippen molar-refractivity contribution in [3.05, 3.63) is 66.0 Å². The summed E-state index contributed by atoms with van der Waals surface area (Å²) < 4.78 is 0. The molecule has 1 aromatic carbocycles. The van der Waals surface area contributed by atoms with Crippen molar-refractivity contribution in [1.82, 2.24) is 15.6 Å². The lowest BCUT2D eigenvalue weighted by Crippen LogP contribution is -2.50. The Labute approximate surface area is 166 Å². The van der Waals surface area contributed by atoms with Crippen LogP contribution in [0.5, 0.6) is 0 Å². The molecule has 1 fully saturated rings. The molecular formula is C22H27N3OS. The van der Waals surface area contributed by atoms with Gasteiger partial charge in [-0.3, -0.25) is 9.78 Å². The number of hydrogen-bond acceptors (Lipinski definition) is 3. The van der Waals surface area contributed by atoms with Crippen LogP contribution in [0.3, 0.4) is 0 Å². The number of carbonyl (C=O) groups excluding carboxylic acids is 1. The maximum absolute atomic E-state index is 12.3. The zero-order chi connectivity index (χ0) is 19.1. The van der Waals surface area contributed by atoms with Crippen LogP contribution < -0.4 is 10.6 Å². The van der Waals surface area contributed by atoms with Gasteiger partial charge in [0.2, 0.25) is 0 Å². The summed E-state index contributed by atoms with van der Waals surface area (Å²) >= 11 is 5.80. The highest BCUT2D eigenvalue weighted by Gasteiger charge is 2.45. The van der Waals surface area contributed by atoms with Gasteiger partial charge in [0.25, 0.3) is 5.91 Å². The maximum Gasteiger partial charge on any atom is 0.251 e. The standard InChI is InChI=1S/C22H27N3OS/c1-23-21(27)22(19-11-7-14-24-16-19)13-6-5-10-18(22)12-15-25-20(26)17-8-3-2-4-9-17/h2-4,7-9,11,14,16,18H,5-6,10,12-13,15H2,1H3,(H,23,27)(H,25,26)/t18-,22+/m1/s1. The number of pyridine rings is 1. The van der Waals surface area contributed by atoms with E-state index in [2.05, 4.69) is 21.7 Å². The van der Waals surface area contributed by atoms with Crippen molar-refractivity contribution in [3.8, 4) is 0 Å². The Hall–Kier alpha value is -2.27. The largest absolute Gasteiger partial charge is 0.382 e. The van der Waals surface area contributed by atoms with Crippen molar-refractivity contribution in [2.24, 2.45) is 5.92 Å². The van der Waals surface area contributed by atoms with E-state index in [4.69, 9.17) is 12.2 Å². The SMILES string of the molecule is CNC(=S)[C@@]1(c2cccnc2)CCCC[C@@H]1CCNC(=O)c1ccccc1. The minimum atomic E-state index is -0.200. The first-order valence-electron chi connectivity index (χ1n) is 9.64. The van der Waals surface area contributed by atoms with Crippen LogP contribution in [-0.2, 0) is 5.41 Å². The topological polar surface area (TPSA) is 54.0 Å². The van der Waals surface area contributed by atoms with Crippen LogP contribution in [0.15, 0.2) is 54.9 Å². The second-order valence-electron chi connectivity index (χ2n) is 7.15. The molecule has 0 aliphatic heterocycles. The van der Waals surface area contributed by atoms with Crippen LogP contribution in [0.1, 0.15) is 48.0 Å². The van der Waals surface area contributed by atoms with Crippen LogP contribution in [0.4, 0.5) is 0 Å². The maximum atomic E-state index is 12.3. The molecule has 0 saturated heterocycles. The lowest BCUT2D eigenvalue weighted by Gasteiger charge is -2.45. The quantitative estimate of drug-likeness (QED) is 0.746. The van der Waals surface area contributed by atoms with Gasteiger partial charge in [0.05, 0.1) is 4.99 Å².